The number of benzene rings is 2. The molecule has 0 radical (unpaired) electrons. The zero-order valence-corrected chi connectivity index (χ0v) is 14.4. The van der Waals surface area contributed by atoms with Gasteiger partial charge in [0, 0.05) is 12.1 Å². The number of hydrogen-bond donors (Lipinski definition) is 1. The number of rotatable bonds is 5. The minimum absolute atomic E-state index is 0.0656. The van der Waals surface area contributed by atoms with Crippen molar-refractivity contribution in [3.8, 4) is 11.5 Å². The number of sulfonamides is 1. The summed E-state index contributed by atoms with van der Waals surface area (Å²) in [5, 5.41) is 5.13. The highest BCUT2D eigenvalue weighted by atomic mass is 32.2. The van der Waals surface area contributed by atoms with Crippen LogP contribution in [0.1, 0.15) is 11.1 Å². The quantitative estimate of drug-likeness (QED) is 0.872. The van der Waals surface area contributed by atoms with E-state index in [0.29, 0.717) is 17.9 Å². The summed E-state index contributed by atoms with van der Waals surface area (Å²) in [6.07, 6.45) is -4.42. The summed E-state index contributed by atoms with van der Waals surface area (Å²) < 4.78 is 66.4. The van der Waals surface area contributed by atoms with Crippen molar-refractivity contribution in [2.45, 2.75) is 17.6 Å². The molecule has 0 atom stereocenters. The molecule has 2 aromatic rings. The van der Waals surface area contributed by atoms with Gasteiger partial charge < -0.3 is 9.64 Å². The van der Waals surface area contributed by atoms with Crippen LogP contribution in [0.3, 0.4) is 0 Å². The molecule has 0 saturated heterocycles. The fourth-order valence-corrected chi connectivity index (χ4v) is 2.70. The predicted molar refractivity (Wildman–Crippen MR) is 86.7 cm³/mol. The molecule has 0 heterocycles. The molecule has 25 heavy (non-hydrogen) atoms. The molecule has 0 aliphatic heterocycles. The lowest BCUT2D eigenvalue weighted by Crippen LogP contribution is -2.15. The predicted octanol–water partition coefficient (Wildman–Crippen LogP) is 3.21. The standard InChI is InChI=1S/C16H17F3N2O3S/c1-21(2)10-11-9-14(25(20,22)23)7-8-15(11)24-13-5-3-12(4-6-13)16(17,18)19/h3-9H,10H2,1-2H3,(H2,20,22,23). The summed E-state index contributed by atoms with van der Waals surface area (Å²) in [5.41, 5.74) is -0.241. The van der Waals surface area contributed by atoms with Gasteiger partial charge in [0.2, 0.25) is 10.0 Å². The van der Waals surface area contributed by atoms with E-state index in [1.165, 1.54) is 30.3 Å². The van der Waals surface area contributed by atoms with E-state index in [9.17, 15) is 21.6 Å². The molecule has 5 nitrogen and oxygen atoms in total. The Kier molecular flexibility index (Phi) is 5.40. The number of ether oxygens (including phenoxy) is 1. The number of alkyl halides is 3. The van der Waals surface area contributed by atoms with E-state index in [0.717, 1.165) is 12.1 Å². The van der Waals surface area contributed by atoms with Gasteiger partial charge in [-0.05, 0) is 56.6 Å². The maximum Gasteiger partial charge on any atom is 0.416 e. The smallest absolute Gasteiger partial charge is 0.416 e. The van der Waals surface area contributed by atoms with Crippen LogP contribution in [0, 0.1) is 0 Å². The molecule has 0 aliphatic carbocycles. The Morgan fingerprint density at radius 3 is 2.16 bits per heavy atom. The van der Waals surface area contributed by atoms with Gasteiger partial charge in [-0.3, -0.25) is 0 Å². The van der Waals surface area contributed by atoms with Gasteiger partial charge in [-0.15, -0.1) is 0 Å². The first-order valence-corrected chi connectivity index (χ1v) is 8.67. The lowest BCUT2D eigenvalue weighted by Gasteiger charge is -2.16. The number of nitrogens with zero attached hydrogens (tertiary/aromatic N) is 1. The summed E-state index contributed by atoms with van der Waals surface area (Å²) in [7, 11) is -0.305. The molecule has 136 valence electrons. The van der Waals surface area contributed by atoms with Crippen molar-refractivity contribution in [2.24, 2.45) is 5.14 Å². The van der Waals surface area contributed by atoms with Crippen molar-refractivity contribution in [3.05, 3.63) is 53.6 Å². The zero-order valence-electron chi connectivity index (χ0n) is 13.5. The molecule has 2 N–H and O–H groups in total. The van der Waals surface area contributed by atoms with E-state index >= 15 is 0 Å². The fraction of sp³-hybridized carbons (Fsp3) is 0.250. The van der Waals surface area contributed by atoms with E-state index < -0.39 is 21.8 Å². The highest BCUT2D eigenvalue weighted by Gasteiger charge is 2.30. The second kappa shape index (κ2) is 7.03. The van der Waals surface area contributed by atoms with Crippen molar-refractivity contribution < 1.29 is 26.3 Å². The van der Waals surface area contributed by atoms with Crippen molar-refractivity contribution in [3.63, 3.8) is 0 Å². The molecule has 0 saturated carbocycles. The first-order valence-electron chi connectivity index (χ1n) is 7.12. The molecule has 2 aromatic carbocycles. The Hall–Kier alpha value is -2.10. The minimum atomic E-state index is -4.42. The molecule has 9 heteroatoms. The van der Waals surface area contributed by atoms with Crippen LogP contribution in [0.2, 0.25) is 0 Å². The highest BCUT2D eigenvalue weighted by molar-refractivity contribution is 7.89. The van der Waals surface area contributed by atoms with Gasteiger partial charge in [0.1, 0.15) is 11.5 Å². The van der Waals surface area contributed by atoms with E-state index in [1.54, 1.807) is 19.0 Å². The lowest BCUT2D eigenvalue weighted by molar-refractivity contribution is -0.137. The molecule has 0 amide bonds. The third-order valence-electron chi connectivity index (χ3n) is 3.26. The van der Waals surface area contributed by atoms with Gasteiger partial charge in [-0.25, -0.2) is 13.6 Å². The first-order chi connectivity index (χ1) is 11.5. The van der Waals surface area contributed by atoms with Gasteiger partial charge in [-0.2, -0.15) is 13.2 Å². The summed E-state index contributed by atoms with van der Waals surface area (Å²) in [5.74, 6) is 0.539. The summed E-state index contributed by atoms with van der Waals surface area (Å²) in [6.45, 7) is 0.360. The van der Waals surface area contributed by atoms with Gasteiger partial charge >= 0.3 is 6.18 Å². The van der Waals surface area contributed by atoms with Crippen LogP contribution in [0.5, 0.6) is 11.5 Å². The van der Waals surface area contributed by atoms with Gasteiger partial charge in [0.25, 0.3) is 0 Å². The van der Waals surface area contributed by atoms with Crippen molar-refractivity contribution >= 4 is 10.0 Å². The van der Waals surface area contributed by atoms with Crippen LogP contribution < -0.4 is 9.88 Å². The van der Waals surface area contributed by atoms with Crippen LogP contribution in [0.15, 0.2) is 47.4 Å². The molecule has 0 unspecified atom stereocenters. The monoisotopic (exact) mass is 374 g/mol. The number of halogens is 3. The van der Waals surface area contributed by atoms with Crippen LogP contribution in [0.25, 0.3) is 0 Å². The number of nitrogens with two attached hydrogens (primary N) is 1. The molecule has 0 aromatic heterocycles. The van der Waals surface area contributed by atoms with E-state index in [-0.39, 0.29) is 10.6 Å². The molecule has 0 bridgehead atoms. The average molecular weight is 374 g/mol. The summed E-state index contributed by atoms with van der Waals surface area (Å²) in [4.78, 5) is 1.73. The minimum Gasteiger partial charge on any atom is -0.457 e. The maximum atomic E-state index is 12.6. The summed E-state index contributed by atoms with van der Waals surface area (Å²) >= 11 is 0. The SMILES string of the molecule is CN(C)Cc1cc(S(N)(=O)=O)ccc1Oc1ccc(C(F)(F)F)cc1. The topological polar surface area (TPSA) is 72.6 Å². The molecule has 0 aliphatic rings. The third-order valence-corrected chi connectivity index (χ3v) is 4.17. The van der Waals surface area contributed by atoms with Gasteiger partial charge in [0.15, 0.2) is 0 Å². The van der Waals surface area contributed by atoms with Crippen LogP contribution in [-0.2, 0) is 22.7 Å². The highest BCUT2D eigenvalue weighted by Crippen LogP contribution is 2.32. The normalized spacial score (nSPS) is 12.4. The van der Waals surface area contributed by atoms with Crippen LogP contribution in [0.4, 0.5) is 13.2 Å². The second-order valence-electron chi connectivity index (χ2n) is 5.68. The lowest BCUT2D eigenvalue weighted by atomic mass is 10.2. The fourth-order valence-electron chi connectivity index (χ4n) is 2.14. The number of primary sulfonamides is 1. The van der Waals surface area contributed by atoms with E-state index in [4.69, 9.17) is 9.88 Å². The first kappa shape index (κ1) is 19.2. The molecular weight excluding hydrogens is 357 g/mol. The van der Waals surface area contributed by atoms with E-state index in [2.05, 4.69) is 0 Å². The van der Waals surface area contributed by atoms with Crippen molar-refractivity contribution in [1.29, 1.82) is 0 Å². The second-order valence-corrected chi connectivity index (χ2v) is 7.24. The largest absolute Gasteiger partial charge is 0.457 e. The third kappa shape index (κ3) is 5.18. The van der Waals surface area contributed by atoms with E-state index in [1.807, 2.05) is 0 Å². The Labute approximate surface area is 143 Å². The maximum absolute atomic E-state index is 12.6. The Balaban J connectivity index is 2.35. The van der Waals surface area contributed by atoms with Crippen LogP contribution >= 0.6 is 0 Å². The Morgan fingerprint density at radius 1 is 1.08 bits per heavy atom. The molecule has 0 spiro atoms. The van der Waals surface area contributed by atoms with Crippen molar-refractivity contribution in [1.82, 2.24) is 4.90 Å². The average Bonchev–Trinajstić information content (AvgIpc) is 2.47. The summed E-state index contributed by atoms with van der Waals surface area (Å²) in [6, 6.07) is 8.34. The number of hydrogen-bond acceptors (Lipinski definition) is 4. The molecule has 2 rings (SSSR count). The zero-order chi connectivity index (χ0) is 18.8. The Bertz CT molecular complexity index is 848. The van der Waals surface area contributed by atoms with Crippen LogP contribution in [-0.4, -0.2) is 27.4 Å². The van der Waals surface area contributed by atoms with Gasteiger partial charge in [-0.1, -0.05) is 0 Å². The molecule has 0 fully saturated rings. The van der Waals surface area contributed by atoms with Crippen molar-refractivity contribution in [2.75, 3.05) is 14.1 Å². The van der Waals surface area contributed by atoms with Gasteiger partial charge in [0.05, 0.1) is 10.5 Å². The Morgan fingerprint density at radius 2 is 1.68 bits per heavy atom. The molecular formula is C16H17F3N2O3S.